The Balaban J connectivity index is 1.62. The van der Waals surface area contributed by atoms with Gasteiger partial charge in [-0.05, 0) is 38.0 Å². The van der Waals surface area contributed by atoms with Gasteiger partial charge in [-0.15, -0.1) is 0 Å². The summed E-state index contributed by atoms with van der Waals surface area (Å²) in [5.41, 5.74) is 1.33. The molecular weight excluding hydrogens is 205 g/mol. The lowest BCUT2D eigenvalue weighted by molar-refractivity contribution is 0.220. The van der Waals surface area contributed by atoms with Gasteiger partial charge in [0.05, 0.1) is 0 Å². The molecule has 1 fully saturated rings. The molecule has 1 aliphatic heterocycles. The van der Waals surface area contributed by atoms with Crippen molar-refractivity contribution in [1.29, 1.82) is 0 Å². The number of ether oxygens (including phenoxy) is 1. The largest absolute Gasteiger partial charge is 0.488 e. The molecule has 0 spiro atoms. The smallest absolute Gasteiger partial charge is 0.123 e. The fourth-order valence-corrected chi connectivity index (χ4v) is 2.13. The summed E-state index contributed by atoms with van der Waals surface area (Å²) < 4.78 is 18.8. The summed E-state index contributed by atoms with van der Waals surface area (Å²) in [6, 6.07) is 4.76. The molecule has 1 atom stereocenters. The minimum absolute atomic E-state index is 0.161. The van der Waals surface area contributed by atoms with Gasteiger partial charge in [0.1, 0.15) is 17.7 Å². The van der Waals surface area contributed by atoms with E-state index in [1.807, 2.05) is 0 Å². The van der Waals surface area contributed by atoms with E-state index in [1.165, 1.54) is 18.9 Å². The highest BCUT2D eigenvalue weighted by Gasteiger charge is 2.37. The number of halogens is 1. The molecule has 0 bridgehead atoms. The van der Waals surface area contributed by atoms with Gasteiger partial charge in [-0.2, -0.15) is 0 Å². The Kier molecular flexibility index (Phi) is 2.18. The Morgan fingerprint density at radius 3 is 3.06 bits per heavy atom. The van der Waals surface area contributed by atoms with Crippen LogP contribution in [-0.4, -0.2) is 18.2 Å². The minimum Gasteiger partial charge on any atom is -0.488 e. The van der Waals surface area contributed by atoms with Crippen molar-refractivity contribution in [2.75, 3.05) is 6.54 Å². The fraction of sp³-hybridized carbons (Fsp3) is 0.538. The molecule has 0 aromatic heterocycles. The zero-order chi connectivity index (χ0) is 11.2. The van der Waals surface area contributed by atoms with E-state index in [0.29, 0.717) is 5.54 Å². The van der Waals surface area contributed by atoms with Crippen LogP contribution in [0.2, 0.25) is 0 Å². The van der Waals surface area contributed by atoms with Crippen molar-refractivity contribution < 1.29 is 9.13 Å². The zero-order valence-electron chi connectivity index (χ0n) is 9.42. The van der Waals surface area contributed by atoms with Gasteiger partial charge in [-0.25, -0.2) is 4.39 Å². The molecule has 16 heavy (non-hydrogen) atoms. The normalized spacial score (nSPS) is 25.0. The van der Waals surface area contributed by atoms with Crippen LogP contribution >= 0.6 is 0 Å². The first-order valence-electron chi connectivity index (χ1n) is 5.85. The standard InChI is InChI=1S/C13H16FNO/c1-13(4-5-13)15-8-11-7-9-6-10(14)2-3-12(9)16-11/h2-3,6,11,15H,4-5,7-8H2,1H3. The summed E-state index contributed by atoms with van der Waals surface area (Å²) in [5, 5.41) is 3.51. The monoisotopic (exact) mass is 221 g/mol. The van der Waals surface area contributed by atoms with Crippen molar-refractivity contribution in [3.8, 4) is 5.75 Å². The van der Waals surface area contributed by atoms with E-state index in [-0.39, 0.29) is 11.9 Å². The average molecular weight is 221 g/mol. The highest BCUT2D eigenvalue weighted by Crippen LogP contribution is 2.35. The third-order valence-electron chi connectivity index (χ3n) is 3.52. The molecule has 1 aromatic rings. The second kappa shape index (κ2) is 3.45. The van der Waals surface area contributed by atoms with Gasteiger partial charge in [-0.3, -0.25) is 0 Å². The summed E-state index contributed by atoms with van der Waals surface area (Å²) in [6.07, 6.45) is 3.48. The highest BCUT2D eigenvalue weighted by molar-refractivity contribution is 5.38. The Hall–Kier alpha value is -1.09. The first kappa shape index (κ1) is 10.1. The molecule has 86 valence electrons. The molecule has 0 saturated heterocycles. The van der Waals surface area contributed by atoms with Gasteiger partial charge in [0, 0.05) is 24.1 Å². The SMILES string of the molecule is CC1(NCC2Cc3cc(F)ccc3O2)CC1. The fourth-order valence-electron chi connectivity index (χ4n) is 2.13. The van der Waals surface area contributed by atoms with Crippen LogP contribution in [0.4, 0.5) is 4.39 Å². The van der Waals surface area contributed by atoms with E-state index in [2.05, 4.69) is 12.2 Å². The Bertz CT molecular complexity index is 414. The van der Waals surface area contributed by atoms with Gasteiger partial charge < -0.3 is 10.1 Å². The number of hydrogen-bond acceptors (Lipinski definition) is 2. The van der Waals surface area contributed by atoms with Crippen LogP contribution in [-0.2, 0) is 6.42 Å². The van der Waals surface area contributed by atoms with Crippen molar-refractivity contribution in [3.05, 3.63) is 29.6 Å². The van der Waals surface area contributed by atoms with Crippen molar-refractivity contribution in [3.63, 3.8) is 0 Å². The number of rotatable bonds is 3. The van der Waals surface area contributed by atoms with E-state index < -0.39 is 0 Å². The van der Waals surface area contributed by atoms with Gasteiger partial charge in [0.2, 0.25) is 0 Å². The number of fused-ring (bicyclic) bond motifs is 1. The van der Waals surface area contributed by atoms with Gasteiger partial charge in [0.15, 0.2) is 0 Å². The summed E-state index contributed by atoms with van der Waals surface area (Å²) in [6.45, 7) is 3.08. The molecule has 1 aromatic carbocycles. The second-order valence-corrected chi connectivity index (χ2v) is 5.14. The van der Waals surface area contributed by atoms with Crippen LogP contribution in [0.5, 0.6) is 5.75 Å². The Labute approximate surface area is 94.8 Å². The Morgan fingerprint density at radius 1 is 1.50 bits per heavy atom. The molecule has 3 heteroatoms. The molecule has 1 unspecified atom stereocenters. The van der Waals surface area contributed by atoms with Crippen LogP contribution in [0, 0.1) is 5.82 Å². The summed E-state index contributed by atoms with van der Waals surface area (Å²) in [4.78, 5) is 0. The van der Waals surface area contributed by atoms with E-state index in [0.717, 1.165) is 24.3 Å². The predicted octanol–water partition coefficient (Wildman–Crippen LogP) is 2.27. The number of benzene rings is 1. The summed E-state index contributed by atoms with van der Waals surface area (Å²) >= 11 is 0. The maximum Gasteiger partial charge on any atom is 0.123 e. The molecule has 3 rings (SSSR count). The lowest BCUT2D eigenvalue weighted by Gasteiger charge is -2.15. The molecule has 1 N–H and O–H groups in total. The van der Waals surface area contributed by atoms with Gasteiger partial charge in [-0.1, -0.05) is 0 Å². The average Bonchev–Trinajstić information content (AvgIpc) is 2.85. The topological polar surface area (TPSA) is 21.3 Å². The van der Waals surface area contributed by atoms with Crippen LogP contribution < -0.4 is 10.1 Å². The molecule has 1 aliphatic carbocycles. The molecule has 2 aliphatic rings. The summed E-state index contributed by atoms with van der Waals surface area (Å²) in [7, 11) is 0. The third kappa shape index (κ3) is 1.92. The maximum absolute atomic E-state index is 13.0. The van der Waals surface area contributed by atoms with Crippen molar-refractivity contribution >= 4 is 0 Å². The molecule has 0 amide bonds. The lowest BCUT2D eigenvalue weighted by atomic mass is 10.1. The third-order valence-corrected chi connectivity index (χ3v) is 3.52. The van der Waals surface area contributed by atoms with Crippen LogP contribution in [0.25, 0.3) is 0 Å². The van der Waals surface area contributed by atoms with Crippen molar-refractivity contribution in [2.24, 2.45) is 0 Å². The van der Waals surface area contributed by atoms with Crippen LogP contribution in [0.3, 0.4) is 0 Å². The maximum atomic E-state index is 13.0. The number of nitrogens with one attached hydrogen (secondary N) is 1. The predicted molar refractivity (Wildman–Crippen MR) is 60.2 cm³/mol. The first-order chi connectivity index (χ1) is 7.65. The van der Waals surface area contributed by atoms with Gasteiger partial charge >= 0.3 is 0 Å². The van der Waals surface area contributed by atoms with Crippen LogP contribution in [0.1, 0.15) is 25.3 Å². The van der Waals surface area contributed by atoms with E-state index in [4.69, 9.17) is 4.74 Å². The molecular formula is C13H16FNO. The summed E-state index contributed by atoms with van der Waals surface area (Å²) in [5.74, 6) is 0.666. The van der Waals surface area contributed by atoms with Gasteiger partial charge in [0.25, 0.3) is 0 Å². The Morgan fingerprint density at radius 2 is 2.31 bits per heavy atom. The molecule has 2 nitrogen and oxygen atoms in total. The molecule has 1 heterocycles. The minimum atomic E-state index is -0.176. The van der Waals surface area contributed by atoms with E-state index >= 15 is 0 Å². The van der Waals surface area contributed by atoms with Crippen molar-refractivity contribution in [2.45, 2.75) is 37.8 Å². The van der Waals surface area contributed by atoms with E-state index in [9.17, 15) is 4.39 Å². The van der Waals surface area contributed by atoms with Crippen molar-refractivity contribution in [1.82, 2.24) is 5.32 Å². The lowest BCUT2D eigenvalue weighted by Crippen LogP contribution is -2.37. The highest BCUT2D eigenvalue weighted by atomic mass is 19.1. The van der Waals surface area contributed by atoms with E-state index in [1.54, 1.807) is 12.1 Å². The quantitative estimate of drug-likeness (QED) is 0.845. The molecule has 1 saturated carbocycles. The first-order valence-corrected chi connectivity index (χ1v) is 5.85. The zero-order valence-corrected chi connectivity index (χ0v) is 9.42. The van der Waals surface area contributed by atoms with Crippen LogP contribution in [0.15, 0.2) is 18.2 Å². The second-order valence-electron chi connectivity index (χ2n) is 5.14. The molecule has 0 radical (unpaired) electrons. The number of hydrogen-bond donors (Lipinski definition) is 1.